The Kier molecular flexibility index (Phi) is 3.62. The number of hydrogen-bond acceptors (Lipinski definition) is 4. The maximum Gasteiger partial charge on any atom is 0.308 e. The lowest BCUT2D eigenvalue weighted by Crippen LogP contribution is -2.30. The number of rotatable bonds is 3. The predicted molar refractivity (Wildman–Crippen MR) is 77.7 cm³/mol. The summed E-state index contributed by atoms with van der Waals surface area (Å²) in [7, 11) is 0. The highest BCUT2D eigenvalue weighted by atomic mass is 16.4. The van der Waals surface area contributed by atoms with Crippen LogP contribution in [0.1, 0.15) is 22.5 Å². The lowest BCUT2D eigenvalue weighted by atomic mass is 10.1. The molecular weight excluding hydrogens is 284 g/mol. The first-order chi connectivity index (χ1) is 10.6. The molecule has 22 heavy (non-hydrogen) atoms. The molecule has 1 amide bonds. The minimum Gasteiger partial charge on any atom is -0.481 e. The van der Waals surface area contributed by atoms with Crippen molar-refractivity contribution in [3.8, 4) is 5.82 Å². The maximum atomic E-state index is 12.5. The second-order valence-electron chi connectivity index (χ2n) is 5.32. The van der Waals surface area contributed by atoms with Gasteiger partial charge in [0.15, 0.2) is 5.82 Å². The summed E-state index contributed by atoms with van der Waals surface area (Å²) in [6.07, 6.45) is 3.67. The Bertz CT molecular complexity index is 711. The monoisotopic (exact) mass is 300 g/mol. The Morgan fingerprint density at radius 3 is 2.82 bits per heavy atom. The Balaban J connectivity index is 1.83. The number of nitrogens with zero attached hydrogens (tertiary/aromatic N) is 4. The number of pyridine rings is 1. The first kappa shape index (κ1) is 14.2. The van der Waals surface area contributed by atoms with Gasteiger partial charge >= 0.3 is 5.97 Å². The lowest BCUT2D eigenvalue weighted by Gasteiger charge is -2.15. The van der Waals surface area contributed by atoms with E-state index in [1.165, 1.54) is 6.20 Å². The van der Waals surface area contributed by atoms with Crippen molar-refractivity contribution in [3.63, 3.8) is 0 Å². The van der Waals surface area contributed by atoms with Crippen LogP contribution in [0.25, 0.3) is 5.82 Å². The largest absolute Gasteiger partial charge is 0.481 e. The molecule has 0 aromatic carbocycles. The van der Waals surface area contributed by atoms with Gasteiger partial charge in [0.05, 0.1) is 23.4 Å². The fourth-order valence-electron chi connectivity index (χ4n) is 2.65. The van der Waals surface area contributed by atoms with Crippen molar-refractivity contribution in [3.05, 3.63) is 41.9 Å². The first-order valence-electron chi connectivity index (χ1n) is 7.06. The van der Waals surface area contributed by atoms with E-state index < -0.39 is 11.9 Å². The van der Waals surface area contributed by atoms with Gasteiger partial charge in [0.25, 0.3) is 5.91 Å². The molecule has 1 saturated heterocycles. The van der Waals surface area contributed by atoms with E-state index in [0.717, 1.165) is 0 Å². The summed E-state index contributed by atoms with van der Waals surface area (Å²) < 4.78 is 1.61. The van der Waals surface area contributed by atoms with Gasteiger partial charge in [-0.15, -0.1) is 0 Å². The molecule has 3 heterocycles. The molecule has 0 bridgehead atoms. The van der Waals surface area contributed by atoms with E-state index in [9.17, 15) is 9.59 Å². The molecule has 0 spiro atoms. The zero-order valence-corrected chi connectivity index (χ0v) is 12.1. The van der Waals surface area contributed by atoms with Crippen LogP contribution in [-0.4, -0.2) is 49.7 Å². The minimum absolute atomic E-state index is 0.177. The predicted octanol–water partition coefficient (Wildman–Crippen LogP) is 1.12. The van der Waals surface area contributed by atoms with Crippen LogP contribution in [0.15, 0.2) is 30.6 Å². The van der Waals surface area contributed by atoms with Crippen molar-refractivity contribution >= 4 is 11.9 Å². The van der Waals surface area contributed by atoms with Crippen LogP contribution in [0.4, 0.5) is 0 Å². The van der Waals surface area contributed by atoms with Gasteiger partial charge in [-0.2, -0.15) is 5.10 Å². The molecule has 1 aliphatic rings. The summed E-state index contributed by atoms with van der Waals surface area (Å²) in [5.74, 6) is -0.862. The first-order valence-corrected chi connectivity index (χ1v) is 7.06. The number of amides is 1. The Labute approximate surface area is 127 Å². The van der Waals surface area contributed by atoms with Crippen molar-refractivity contribution in [2.75, 3.05) is 13.1 Å². The van der Waals surface area contributed by atoms with Gasteiger partial charge in [-0.1, -0.05) is 6.07 Å². The molecule has 3 rings (SSSR count). The van der Waals surface area contributed by atoms with E-state index in [1.807, 2.05) is 18.2 Å². The summed E-state index contributed by atoms with van der Waals surface area (Å²) in [5.41, 5.74) is 1.18. The molecule has 2 aromatic heterocycles. The highest BCUT2D eigenvalue weighted by Gasteiger charge is 2.32. The van der Waals surface area contributed by atoms with Gasteiger partial charge in [-0.05, 0) is 25.5 Å². The lowest BCUT2D eigenvalue weighted by molar-refractivity contribution is -0.141. The molecule has 7 heteroatoms. The van der Waals surface area contributed by atoms with Crippen LogP contribution in [0.5, 0.6) is 0 Å². The molecule has 1 atom stereocenters. The van der Waals surface area contributed by atoms with E-state index >= 15 is 0 Å². The van der Waals surface area contributed by atoms with Crippen LogP contribution in [-0.2, 0) is 4.79 Å². The number of carbonyl (C=O) groups excluding carboxylic acids is 1. The molecular formula is C15H16N4O3. The zero-order valence-electron chi connectivity index (χ0n) is 12.1. The number of aromatic nitrogens is 3. The smallest absolute Gasteiger partial charge is 0.308 e. The van der Waals surface area contributed by atoms with Crippen molar-refractivity contribution in [1.29, 1.82) is 0 Å². The highest BCUT2D eigenvalue weighted by Crippen LogP contribution is 2.21. The van der Waals surface area contributed by atoms with Gasteiger partial charge < -0.3 is 10.0 Å². The molecule has 1 aliphatic heterocycles. The van der Waals surface area contributed by atoms with Gasteiger partial charge in [0.1, 0.15) is 0 Å². The Morgan fingerprint density at radius 1 is 1.36 bits per heavy atom. The van der Waals surface area contributed by atoms with E-state index in [1.54, 1.807) is 22.7 Å². The van der Waals surface area contributed by atoms with E-state index in [-0.39, 0.29) is 12.5 Å². The summed E-state index contributed by atoms with van der Waals surface area (Å²) in [4.78, 5) is 29.3. The summed E-state index contributed by atoms with van der Waals surface area (Å²) >= 11 is 0. The SMILES string of the molecule is Cc1c(C(=O)N2CCC(C(=O)O)C2)cnn1-c1ccccn1. The summed E-state index contributed by atoms with van der Waals surface area (Å²) in [5, 5.41) is 13.3. The number of carboxylic acid groups (broad SMARTS) is 1. The molecule has 1 unspecified atom stereocenters. The van der Waals surface area contributed by atoms with E-state index in [4.69, 9.17) is 5.11 Å². The molecule has 114 valence electrons. The van der Waals surface area contributed by atoms with Crippen LogP contribution in [0.2, 0.25) is 0 Å². The normalized spacial score (nSPS) is 17.7. The molecule has 0 aliphatic carbocycles. The Morgan fingerprint density at radius 2 is 2.18 bits per heavy atom. The maximum absolute atomic E-state index is 12.5. The molecule has 7 nitrogen and oxygen atoms in total. The third-order valence-corrected chi connectivity index (χ3v) is 3.93. The molecule has 0 saturated carbocycles. The number of carboxylic acids is 1. The fourth-order valence-corrected chi connectivity index (χ4v) is 2.65. The third-order valence-electron chi connectivity index (χ3n) is 3.93. The second kappa shape index (κ2) is 5.59. The summed E-state index contributed by atoms with van der Waals surface area (Å²) in [6.45, 7) is 2.52. The number of hydrogen-bond donors (Lipinski definition) is 1. The minimum atomic E-state index is -0.851. The molecule has 1 fully saturated rings. The average molecular weight is 300 g/mol. The van der Waals surface area contributed by atoms with Crippen molar-refractivity contribution in [2.45, 2.75) is 13.3 Å². The number of likely N-dealkylation sites (tertiary alicyclic amines) is 1. The third kappa shape index (κ3) is 2.45. The van der Waals surface area contributed by atoms with Gasteiger partial charge in [0, 0.05) is 19.3 Å². The van der Waals surface area contributed by atoms with Crippen molar-refractivity contribution in [2.24, 2.45) is 5.92 Å². The van der Waals surface area contributed by atoms with Gasteiger partial charge in [-0.25, -0.2) is 9.67 Å². The Hall–Kier alpha value is -2.70. The molecule has 1 N–H and O–H groups in total. The summed E-state index contributed by atoms with van der Waals surface area (Å²) in [6, 6.07) is 5.47. The van der Waals surface area contributed by atoms with Crippen molar-refractivity contribution in [1.82, 2.24) is 19.7 Å². The molecule has 2 aromatic rings. The number of aliphatic carboxylic acids is 1. The fraction of sp³-hybridized carbons (Fsp3) is 0.333. The van der Waals surface area contributed by atoms with E-state index in [2.05, 4.69) is 10.1 Å². The molecule has 0 radical (unpaired) electrons. The van der Waals surface area contributed by atoms with Crippen molar-refractivity contribution < 1.29 is 14.7 Å². The zero-order chi connectivity index (χ0) is 15.7. The van der Waals surface area contributed by atoms with Gasteiger partial charge in [0.2, 0.25) is 0 Å². The second-order valence-corrected chi connectivity index (χ2v) is 5.32. The number of carbonyl (C=O) groups is 2. The average Bonchev–Trinajstić information content (AvgIpc) is 3.14. The van der Waals surface area contributed by atoms with E-state index in [0.29, 0.717) is 30.0 Å². The topological polar surface area (TPSA) is 88.3 Å². The highest BCUT2D eigenvalue weighted by molar-refractivity contribution is 5.95. The quantitative estimate of drug-likeness (QED) is 0.917. The van der Waals surface area contributed by atoms with Gasteiger partial charge in [-0.3, -0.25) is 9.59 Å². The van der Waals surface area contributed by atoms with Crippen LogP contribution in [0, 0.1) is 12.8 Å². The van der Waals surface area contributed by atoms with Crippen LogP contribution < -0.4 is 0 Å². The van der Waals surface area contributed by atoms with Crippen LogP contribution >= 0.6 is 0 Å². The standard InChI is InChI=1S/C15H16N4O3/c1-10-12(8-17-19(10)13-4-2-3-6-16-13)14(20)18-7-5-11(9-18)15(21)22/h2-4,6,8,11H,5,7,9H2,1H3,(H,21,22). The van der Waals surface area contributed by atoms with Crippen LogP contribution in [0.3, 0.4) is 0 Å².